The van der Waals surface area contributed by atoms with Crippen LogP contribution in [0.4, 0.5) is 50.7 Å². The van der Waals surface area contributed by atoms with Gasteiger partial charge in [-0.2, -0.15) is 20.4 Å². The first-order valence-corrected chi connectivity index (χ1v) is 38.1. The molecule has 28 heteroatoms. The highest BCUT2D eigenvalue weighted by Crippen LogP contribution is 2.42. The Bertz CT molecular complexity index is 4280. The lowest BCUT2D eigenvalue weighted by Gasteiger charge is -2.33. The molecular weight excluding hydrogens is 1510 g/mol. The molecule has 8 aromatic rings. The van der Waals surface area contributed by atoms with Crippen molar-refractivity contribution in [3.8, 4) is 0 Å². The van der Waals surface area contributed by atoms with Crippen LogP contribution in [0.3, 0.4) is 0 Å². The van der Waals surface area contributed by atoms with Crippen LogP contribution in [0.15, 0.2) is 92.5 Å². The lowest BCUT2D eigenvalue weighted by molar-refractivity contribution is 0.107. The normalized spacial score (nSPS) is 20.3. The molecule has 5 aliphatic heterocycles. The largest absolute Gasteiger partial charge is 0.372 e. The van der Waals surface area contributed by atoms with E-state index >= 15 is 0 Å². The van der Waals surface area contributed by atoms with Crippen molar-refractivity contribution >= 4 is 106 Å². The summed E-state index contributed by atoms with van der Waals surface area (Å²) in [6.45, 7) is 9.83. The van der Waals surface area contributed by atoms with Crippen molar-refractivity contribution in [1.29, 1.82) is 0 Å². The Hall–Kier alpha value is -7.72. The van der Waals surface area contributed by atoms with Gasteiger partial charge in [0.1, 0.15) is 16.5 Å². The van der Waals surface area contributed by atoms with Gasteiger partial charge in [0.25, 0.3) is 0 Å². The lowest BCUT2D eigenvalue weighted by atomic mass is 9.94. The number of benzene rings is 3. The minimum Gasteiger partial charge on any atom is -0.372 e. The minimum absolute atomic E-state index is 0.00715. The Labute approximate surface area is 616 Å². The number of carbonyl (C=O) groups is 4. The molecule has 16 rings (SSSR count). The van der Waals surface area contributed by atoms with Crippen molar-refractivity contribution in [3.63, 3.8) is 0 Å². The highest BCUT2D eigenvalue weighted by Gasteiger charge is 2.38. The number of nitrogens with zero attached hydrogens (tertiary/aromatic N) is 9. The van der Waals surface area contributed by atoms with E-state index in [0.717, 1.165) is 113 Å². The van der Waals surface area contributed by atoms with Crippen LogP contribution in [0, 0.1) is 11.6 Å². The summed E-state index contributed by atoms with van der Waals surface area (Å²) >= 11 is 15.6. The molecule has 8 amide bonds. The van der Waals surface area contributed by atoms with Crippen LogP contribution in [0.5, 0.6) is 0 Å². The first-order chi connectivity index (χ1) is 48.9. The van der Waals surface area contributed by atoms with Crippen LogP contribution in [0.2, 0.25) is 5.02 Å². The molecule has 1 saturated heterocycles. The number of H-pyrrole nitrogens is 4. The number of pyridine rings is 1. The highest BCUT2D eigenvalue weighted by molar-refractivity contribution is 9.11. The monoisotopic (exact) mass is 1590 g/mol. The van der Waals surface area contributed by atoms with E-state index in [2.05, 4.69) is 122 Å². The number of anilines is 4. The number of fused-ring (bicyclic) bond motifs is 4. The van der Waals surface area contributed by atoms with E-state index in [1.807, 2.05) is 60.0 Å². The average molecular weight is 1590 g/mol. The van der Waals surface area contributed by atoms with E-state index in [-0.39, 0.29) is 64.5 Å². The first kappa shape index (κ1) is 71.7. The van der Waals surface area contributed by atoms with Gasteiger partial charge in [-0.25, -0.2) is 32.9 Å². The molecule has 534 valence electrons. The Balaban J connectivity index is 0.000000120. The second-order valence-corrected chi connectivity index (χ2v) is 30.7. The van der Waals surface area contributed by atoms with E-state index in [4.69, 9.17) is 16.3 Å². The molecule has 3 saturated carbocycles. The van der Waals surface area contributed by atoms with Crippen molar-refractivity contribution in [2.24, 2.45) is 0 Å². The second kappa shape index (κ2) is 32.3. The molecule has 22 nitrogen and oxygen atoms in total. The Morgan fingerprint density at radius 2 is 0.990 bits per heavy atom. The zero-order valence-corrected chi connectivity index (χ0v) is 62.4. The van der Waals surface area contributed by atoms with Gasteiger partial charge in [0.2, 0.25) is 0 Å². The summed E-state index contributed by atoms with van der Waals surface area (Å²) in [4.78, 5) is 62.1. The molecular formula is C73H85Br3ClF2N17O5. The maximum absolute atomic E-state index is 14.1. The van der Waals surface area contributed by atoms with Crippen LogP contribution < -0.4 is 21.3 Å². The number of urea groups is 4. The number of nitrogens with one attached hydrogen (secondary N) is 8. The van der Waals surface area contributed by atoms with Crippen molar-refractivity contribution in [2.45, 2.75) is 205 Å². The summed E-state index contributed by atoms with van der Waals surface area (Å²) < 4.78 is 34.7. The summed E-state index contributed by atoms with van der Waals surface area (Å²) in [5, 5.41) is 43.0. The van der Waals surface area contributed by atoms with E-state index in [1.54, 1.807) is 34.1 Å². The fourth-order valence-corrected chi connectivity index (χ4v) is 16.8. The predicted molar refractivity (Wildman–Crippen MR) is 394 cm³/mol. The molecule has 4 atom stereocenters. The molecule has 4 unspecified atom stereocenters. The van der Waals surface area contributed by atoms with Gasteiger partial charge in [-0.3, -0.25) is 20.4 Å². The molecule has 8 aliphatic rings. The number of hydrogen-bond acceptors (Lipinski definition) is 10. The molecule has 0 radical (unpaired) electrons. The molecule has 5 aromatic heterocycles. The van der Waals surface area contributed by atoms with Gasteiger partial charge in [-0.15, -0.1) is 0 Å². The molecule has 10 heterocycles. The molecule has 3 aliphatic carbocycles. The Morgan fingerprint density at radius 1 is 0.525 bits per heavy atom. The van der Waals surface area contributed by atoms with Crippen LogP contribution in [-0.4, -0.2) is 121 Å². The molecule has 3 aromatic carbocycles. The minimum atomic E-state index is -0.568. The van der Waals surface area contributed by atoms with Crippen molar-refractivity contribution in [2.75, 3.05) is 34.4 Å². The number of carbonyl (C=O) groups excluding carboxylic acids is 4. The fourth-order valence-electron chi connectivity index (χ4n) is 15.5. The van der Waals surface area contributed by atoms with E-state index in [9.17, 15) is 28.0 Å². The summed E-state index contributed by atoms with van der Waals surface area (Å²) in [5.41, 5.74) is 15.9. The van der Waals surface area contributed by atoms with Gasteiger partial charge in [0, 0.05) is 152 Å². The quantitative estimate of drug-likeness (QED) is 0.0667. The number of amides is 8. The lowest BCUT2D eigenvalue weighted by Crippen LogP contribution is -2.45. The number of halogens is 6. The maximum atomic E-state index is 14.1. The van der Waals surface area contributed by atoms with Crippen LogP contribution >= 0.6 is 59.4 Å². The predicted octanol–water partition coefficient (Wildman–Crippen LogP) is 17.6. The number of rotatable bonds is 8. The molecule has 0 bridgehead atoms. The molecule has 0 spiro atoms. The van der Waals surface area contributed by atoms with Crippen LogP contribution in [0.1, 0.15) is 202 Å². The standard InChI is InChI=1S/C19H22BrFN4O.C19H23BrN4O.C18H21BrFN5O.C17H19ClN4O2/c1-11-8-17-14(18(24-23-17)12-4-2-3-5-12)10-25(11)19(26)22-13-6-7-16(21)15(20)9-13;1-12-9-17-16(18(23-22-17)13-5-2-3-6-13)11-24(12)19(25)21-15-8-4-7-14(20)10-15;1-10-8-14-12(16(24-23-14)11-4-2-3-5-11)9-25(10)18(26)22-13-6-7-21-17(19)15(13)20;18-11-3-1-4-12(9-11)19-17(23)22-7-6-14-13(10-22)16(21-20-14)15-5-2-8-24-15/h6-7,9,11-12H,2-5,8,10H2,1H3,(H,22,26)(H,23,24);4,7-8,10,12-13H,2-3,5-6,9,11H2,1H3,(H,21,25)(H,22,23);6-7,10-11H,2-5,8-9H2,1H3,(H,23,24)(H,21,22,26);1,3-4,9,15H,2,5-8,10H2,(H,19,23)(H,20,21). The molecule has 8 N–H and O–H groups in total. The molecule has 101 heavy (non-hydrogen) atoms. The van der Waals surface area contributed by atoms with Crippen LogP contribution in [-0.2, 0) is 56.6 Å². The second-order valence-electron chi connectivity index (χ2n) is 27.8. The van der Waals surface area contributed by atoms with Gasteiger partial charge in [0.05, 0.1) is 59.1 Å². The summed E-state index contributed by atoms with van der Waals surface area (Å²) in [7, 11) is 0. The topological polar surface area (TPSA) is 266 Å². The van der Waals surface area contributed by atoms with E-state index in [0.29, 0.717) is 71.3 Å². The van der Waals surface area contributed by atoms with Crippen molar-refractivity contribution in [1.82, 2.24) is 65.4 Å². The van der Waals surface area contributed by atoms with Gasteiger partial charge in [-0.05, 0) is 165 Å². The molecule has 4 fully saturated rings. The van der Waals surface area contributed by atoms with E-state index < -0.39 is 5.82 Å². The zero-order chi connectivity index (χ0) is 70.4. The van der Waals surface area contributed by atoms with Gasteiger partial charge < -0.3 is 45.6 Å². The van der Waals surface area contributed by atoms with E-state index in [1.165, 1.54) is 105 Å². The zero-order valence-electron chi connectivity index (χ0n) is 56.9. The third kappa shape index (κ3) is 16.7. The summed E-state index contributed by atoms with van der Waals surface area (Å²) in [5.74, 6) is 0.645. The number of aromatic amines is 4. The van der Waals surface area contributed by atoms with Crippen molar-refractivity contribution < 1.29 is 32.7 Å². The van der Waals surface area contributed by atoms with Gasteiger partial charge in [0.15, 0.2) is 5.82 Å². The third-order valence-corrected chi connectivity index (χ3v) is 22.8. The smallest absolute Gasteiger partial charge is 0.322 e. The summed E-state index contributed by atoms with van der Waals surface area (Å²) in [6.07, 6.45) is 21.4. The van der Waals surface area contributed by atoms with Gasteiger partial charge >= 0.3 is 24.1 Å². The van der Waals surface area contributed by atoms with Crippen molar-refractivity contribution in [3.05, 3.63) is 177 Å². The fraction of sp³-hybridized carbons (Fsp3) is 0.466. The van der Waals surface area contributed by atoms with Crippen LogP contribution in [0.25, 0.3) is 0 Å². The first-order valence-electron chi connectivity index (χ1n) is 35.3. The Kier molecular flexibility index (Phi) is 22.9. The summed E-state index contributed by atoms with van der Waals surface area (Å²) in [6, 6.07) is 20.4. The number of aromatic nitrogens is 9. The average Bonchev–Trinajstić information content (AvgIpc) is 1.69. The Morgan fingerprint density at radius 3 is 1.49 bits per heavy atom. The maximum Gasteiger partial charge on any atom is 0.322 e. The van der Waals surface area contributed by atoms with Gasteiger partial charge in [-0.1, -0.05) is 78.2 Å². The number of ether oxygens (including phenoxy) is 1. The SMILES string of the molecule is CC1Cc2[nH]nc(C3CCCC3)c2CN1C(=O)Nc1ccc(F)c(Br)c1.CC1Cc2[nH]nc(C3CCCC3)c2CN1C(=O)Nc1cccc(Br)c1.CC1Cc2[nH]nc(C3CCCC3)c2CN1C(=O)Nc1ccnc(Br)c1F.O=C(Nc1cccc(Cl)c1)N1CCc2[nH]nc(C3CCCO3)c2C1. The third-order valence-electron chi connectivity index (χ3n) is 20.9. The highest BCUT2D eigenvalue weighted by atomic mass is 79.9. The number of hydrogen-bond donors (Lipinski definition) is 8.